The molecule has 0 saturated heterocycles. The van der Waals surface area contributed by atoms with Gasteiger partial charge in [-0.3, -0.25) is 9.48 Å². The molecule has 0 N–H and O–H groups in total. The van der Waals surface area contributed by atoms with Gasteiger partial charge in [0.05, 0.1) is 6.04 Å². The van der Waals surface area contributed by atoms with Gasteiger partial charge in [0, 0.05) is 10.9 Å². The van der Waals surface area contributed by atoms with E-state index in [1.807, 2.05) is 0 Å². The molecule has 2 heteroatoms. The van der Waals surface area contributed by atoms with Crippen molar-refractivity contribution in [2.75, 3.05) is 18.0 Å². The highest BCUT2D eigenvalue weighted by atomic mass is 15.3. The van der Waals surface area contributed by atoms with E-state index in [4.69, 9.17) is 0 Å². The van der Waals surface area contributed by atoms with E-state index in [-0.39, 0.29) is 0 Å². The first kappa shape index (κ1) is 25.6. The molecule has 0 bridgehead atoms. The maximum absolute atomic E-state index is 2.54. The minimum absolute atomic E-state index is 0.465. The Bertz CT molecular complexity index is 1360. The van der Waals surface area contributed by atoms with Crippen molar-refractivity contribution in [3.05, 3.63) is 94.0 Å². The third kappa shape index (κ3) is 4.72. The molecule has 0 unspecified atom stereocenters. The number of benzene rings is 3. The van der Waals surface area contributed by atoms with Crippen molar-refractivity contribution in [1.82, 2.24) is 0 Å². The average Bonchev–Trinajstić information content (AvgIpc) is 3.35. The Labute approximate surface area is 224 Å². The molecule has 1 aliphatic heterocycles. The van der Waals surface area contributed by atoms with Crippen molar-refractivity contribution in [3.63, 3.8) is 0 Å². The van der Waals surface area contributed by atoms with Gasteiger partial charge in [-0.15, -0.1) is 17.7 Å². The second kappa shape index (κ2) is 10.0. The van der Waals surface area contributed by atoms with Crippen molar-refractivity contribution >= 4 is 22.8 Å². The molecule has 3 aromatic carbocycles. The van der Waals surface area contributed by atoms with E-state index < -0.39 is 0 Å². The van der Waals surface area contributed by atoms with Crippen molar-refractivity contribution in [3.8, 4) is 0 Å². The molecule has 0 fully saturated rings. The lowest BCUT2D eigenvalue weighted by atomic mass is 9.80. The number of hydrogen-bond donors (Lipinski definition) is 0. The monoisotopic (exact) mass is 492 g/mol. The van der Waals surface area contributed by atoms with Crippen LogP contribution in [0.3, 0.4) is 0 Å². The van der Waals surface area contributed by atoms with Gasteiger partial charge in [0.15, 0.2) is 6.34 Å². The number of anilines is 1. The molecule has 1 aliphatic carbocycles. The summed E-state index contributed by atoms with van der Waals surface area (Å²) in [6.45, 7) is 20.5. The van der Waals surface area contributed by atoms with E-state index >= 15 is 0 Å². The zero-order valence-corrected chi connectivity index (χ0v) is 24.1. The maximum Gasteiger partial charge on any atom is 0.189 e. The largest absolute Gasteiger partial charge is 0.294 e. The zero-order chi connectivity index (χ0) is 26.4. The van der Waals surface area contributed by atoms with E-state index in [2.05, 4.69) is 126 Å². The van der Waals surface area contributed by atoms with Crippen LogP contribution in [0.1, 0.15) is 101 Å². The lowest BCUT2D eigenvalue weighted by Gasteiger charge is -2.35. The number of allylic oxidation sites excluding steroid dienone is 1. The van der Waals surface area contributed by atoms with Gasteiger partial charge in [-0.25, -0.2) is 0 Å². The zero-order valence-electron chi connectivity index (χ0n) is 24.1. The predicted octanol–water partition coefficient (Wildman–Crippen LogP) is 8.79. The minimum Gasteiger partial charge on any atom is -0.294 e. The van der Waals surface area contributed by atoms with Gasteiger partial charge in [-0.2, -0.15) is 0 Å². The summed E-state index contributed by atoms with van der Waals surface area (Å²) >= 11 is 0. The fourth-order valence-electron chi connectivity index (χ4n) is 5.98. The van der Waals surface area contributed by atoms with E-state index in [0.29, 0.717) is 23.7 Å². The summed E-state index contributed by atoms with van der Waals surface area (Å²) < 4.78 is 2.54. The summed E-state index contributed by atoms with van der Waals surface area (Å²) in [6.07, 6.45) is 5.91. The Hall–Kier alpha value is -3.00. The van der Waals surface area contributed by atoms with E-state index in [9.17, 15) is 0 Å². The average molecular weight is 493 g/mol. The molecule has 1 heterocycles. The molecule has 0 atom stereocenters. The fraction of sp³-hybridized carbons (Fsp3) is 0.429. The SMILES string of the molecule is CC(C)C1=CCc2ccc(C(C)C)cc2[C-]1[N+]1=CN(c2c(C(C)C)ccc3ccc(C(C)C)cc23)CC1. The molecule has 194 valence electrons. The molecule has 3 aromatic rings. The van der Waals surface area contributed by atoms with Crippen LogP contribution in [-0.4, -0.2) is 24.0 Å². The third-order valence-electron chi connectivity index (χ3n) is 8.27. The van der Waals surface area contributed by atoms with Crippen LogP contribution in [0.4, 0.5) is 5.69 Å². The molecule has 37 heavy (non-hydrogen) atoms. The van der Waals surface area contributed by atoms with Crippen LogP contribution in [0.25, 0.3) is 10.8 Å². The summed E-state index contributed by atoms with van der Waals surface area (Å²) in [5.74, 6) is 2.00. The van der Waals surface area contributed by atoms with Crippen molar-refractivity contribution in [2.45, 2.75) is 79.6 Å². The molecule has 0 saturated carbocycles. The van der Waals surface area contributed by atoms with E-state index in [1.165, 1.54) is 55.9 Å². The van der Waals surface area contributed by atoms with Crippen LogP contribution in [0.5, 0.6) is 0 Å². The van der Waals surface area contributed by atoms with E-state index in [1.54, 1.807) is 0 Å². The standard InChI is InChI=1S/C35H44N2/c1-22(2)28-11-9-26-13-15-30(24(5)6)34(32(26)19-28)36-17-18-37(21-36)35-31(25(7)8)16-14-27-10-12-29(23(3)4)20-33(27)35/h9-13,15-16,19-25H,14,17-18H2,1-8H3. The molecule has 0 spiro atoms. The highest BCUT2D eigenvalue weighted by molar-refractivity contribution is 6.01. The Morgan fingerprint density at radius 2 is 1.43 bits per heavy atom. The van der Waals surface area contributed by atoms with Crippen LogP contribution < -0.4 is 4.90 Å². The lowest BCUT2D eigenvalue weighted by Crippen LogP contribution is -2.27. The highest BCUT2D eigenvalue weighted by Crippen LogP contribution is 2.40. The Balaban J connectivity index is 1.65. The smallest absolute Gasteiger partial charge is 0.189 e. The topological polar surface area (TPSA) is 6.25 Å². The van der Waals surface area contributed by atoms with E-state index in [0.717, 1.165) is 19.5 Å². The third-order valence-corrected chi connectivity index (χ3v) is 8.27. The Kier molecular flexibility index (Phi) is 6.96. The predicted molar refractivity (Wildman–Crippen MR) is 160 cm³/mol. The Morgan fingerprint density at radius 3 is 2.11 bits per heavy atom. The minimum atomic E-state index is 0.465. The molecule has 0 aromatic heterocycles. The highest BCUT2D eigenvalue weighted by Gasteiger charge is 2.32. The van der Waals surface area contributed by atoms with Gasteiger partial charge in [0.2, 0.25) is 0 Å². The number of nitrogens with zero attached hydrogens (tertiary/aromatic N) is 2. The van der Waals surface area contributed by atoms with Crippen molar-refractivity contribution in [2.24, 2.45) is 5.92 Å². The van der Waals surface area contributed by atoms with Crippen molar-refractivity contribution < 1.29 is 4.58 Å². The lowest BCUT2D eigenvalue weighted by molar-refractivity contribution is -0.488. The fourth-order valence-corrected chi connectivity index (χ4v) is 5.98. The van der Waals surface area contributed by atoms with Gasteiger partial charge in [-0.05, 0) is 40.7 Å². The normalized spacial score (nSPS) is 15.9. The molecule has 0 radical (unpaired) electrons. The summed E-state index contributed by atoms with van der Waals surface area (Å²) in [5.41, 5.74) is 10.0. The Morgan fingerprint density at radius 1 is 0.757 bits per heavy atom. The van der Waals surface area contributed by atoms with Crippen molar-refractivity contribution in [1.29, 1.82) is 0 Å². The second-order valence-corrected chi connectivity index (χ2v) is 12.2. The first-order chi connectivity index (χ1) is 17.7. The number of fused-ring (bicyclic) bond motifs is 2. The quantitative estimate of drug-likeness (QED) is 0.246. The summed E-state index contributed by atoms with van der Waals surface area (Å²) in [7, 11) is 0. The van der Waals surface area contributed by atoms with Gasteiger partial charge in [0.1, 0.15) is 18.8 Å². The van der Waals surface area contributed by atoms with Crippen LogP contribution in [0.2, 0.25) is 0 Å². The molecule has 5 rings (SSSR count). The molecule has 2 aliphatic rings. The van der Waals surface area contributed by atoms with Gasteiger partial charge in [-0.1, -0.05) is 115 Å². The van der Waals surface area contributed by atoms with Crippen LogP contribution >= 0.6 is 0 Å². The molecular weight excluding hydrogens is 448 g/mol. The first-order valence-corrected chi connectivity index (χ1v) is 14.3. The number of rotatable bonds is 6. The maximum atomic E-state index is 2.54. The summed E-state index contributed by atoms with van der Waals surface area (Å²) in [6, 6.07) is 20.3. The molecule has 2 nitrogen and oxygen atoms in total. The van der Waals surface area contributed by atoms with Crippen LogP contribution in [0, 0.1) is 12.0 Å². The van der Waals surface area contributed by atoms with Crippen LogP contribution in [0.15, 0.2) is 60.2 Å². The second-order valence-electron chi connectivity index (χ2n) is 12.2. The number of hydrogen-bond acceptors (Lipinski definition) is 1. The first-order valence-electron chi connectivity index (χ1n) is 14.3. The summed E-state index contributed by atoms with van der Waals surface area (Å²) in [5, 5.41) is 2.71. The molecular formula is C35H44N2. The van der Waals surface area contributed by atoms with Crippen LogP contribution in [-0.2, 0) is 6.42 Å². The summed E-state index contributed by atoms with van der Waals surface area (Å²) in [4.78, 5) is 2.54. The molecule has 0 amide bonds. The van der Waals surface area contributed by atoms with Gasteiger partial charge < -0.3 is 0 Å². The van der Waals surface area contributed by atoms with Gasteiger partial charge >= 0.3 is 0 Å². The van der Waals surface area contributed by atoms with Gasteiger partial charge in [0.25, 0.3) is 0 Å².